The molecule has 2 aromatic rings. The highest BCUT2D eigenvalue weighted by Crippen LogP contribution is 2.29. The molecule has 4 nitrogen and oxygen atoms in total. The van der Waals surface area contributed by atoms with Gasteiger partial charge in [0.15, 0.2) is 0 Å². The predicted octanol–water partition coefficient (Wildman–Crippen LogP) is 5.43. The fourth-order valence-corrected chi connectivity index (χ4v) is 3.56. The summed E-state index contributed by atoms with van der Waals surface area (Å²) in [6.07, 6.45) is 6.96. The van der Waals surface area contributed by atoms with Crippen LogP contribution in [0, 0.1) is 0 Å². The summed E-state index contributed by atoms with van der Waals surface area (Å²) in [5.74, 6) is 1.18. The summed E-state index contributed by atoms with van der Waals surface area (Å²) in [5.41, 5.74) is 1.19. The van der Waals surface area contributed by atoms with Gasteiger partial charge in [0.05, 0.1) is 0 Å². The van der Waals surface area contributed by atoms with E-state index in [0.717, 1.165) is 31.6 Å². The fraction of sp³-hybridized carbons (Fsp3) is 0.458. The second-order valence-electron chi connectivity index (χ2n) is 7.45. The molecule has 0 spiro atoms. The minimum absolute atomic E-state index is 0.00486. The van der Waals surface area contributed by atoms with Gasteiger partial charge in [0.1, 0.15) is 17.6 Å². The van der Waals surface area contributed by atoms with E-state index in [2.05, 4.69) is 36.5 Å². The van der Waals surface area contributed by atoms with E-state index in [-0.39, 0.29) is 12.1 Å². The average Bonchev–Trinajstić information content (AvgIpc) is 2.74. The predicted molar refractivity (Wildman–Crippen MR) is 112 cm³/mol. The van der Waals surface area contributed by atoms with Crippen LogP contribution in [0.1, 0.15) is 63.5 Å². The maximum Gasteiger partial charge on any atom is 0.311 e. The third-order valence-corrected chi connectivity index (χ3v) is 5.15. The number of carbonyl (C=O) groups excluding carboxylic acids is 1. The molecule has 0 radical (unpaired) electrons. The summed E-state index contributed by atoms with van der Waals surface area (Å²) < 4.78 is 11.7. The molecule has 1 N–H and O–H groups in total. The molecular formula is C24H31NO3. The molecule has 1 aliphatic rings. The largest absolute Gasteiger partial charge is 0.486 e. The minimum atomic E-state index is -0.180. The van der Waals surface area contributed by atoms with Gasteiger partial charge in [-0.2, -0.15) is 0 Å². The van der Waals surface area contributed by atoms with Crippen molar-refractivity contribution in [3.05, 3.63) is 60.2 Å². The maximum absolute atomic E-state index is 11.8. The highest BCUT2D eigenvalue weighted by Gasteiger charge is 2.21. The molecule has 150 valence electrons. The minimum Gasteiger partial charge on any atom is -0.486 e. The second kappa shape index (κ2) is 10.9. The first-order valence-corrected chi connectivity index (χ1v) is 10.5. The first kappa shape index (κ1) is 20.4. The Morgan fingerprint density at radius 2 is 1.82 bits per heavy atom. The molecule has 0 aliphatic carbocycles. The summed E-state index contributed by atoms with van der Waals surface area (Å²) in [7, 11) is 0. The van der Waals surface area contributed by atoms with Crippen LogP contribution in [0.5, 0.6) is 11.5 Å². The Bertz CT molecular complexity index is 708. The highest BCUT2D eigenvalue weighted by molar-refractivity contribution is 5.72. The van der Waals surface area contributed by atoms with E-state index in [1.165, 1.54) is 24.8 Å². The molecule has 2 atom stereocenters. The maximum atomic E-state index is 11.8. The average molecular weight is 382 g/mol. The SMILES string of the molecule is CCCCC(=O)Oc1ccc(OC(CC2CCCCN2)c2ccccc2)cc1. The van der Waals surface area contributed by atoms with Gasteiger partial charge in [-0.3, -0.25) is 4.79 Å². The van der Waals surface area contributed by atoms with E-state index < -0.39 is 0 Å². The number of rotatable bonds is 9. The van der Waals surface area contributed by atoms with Crippen LogP contribution in [0.25, 0.3) is 0 Å². The molecule has 4 heteroatoms. The first-order valence-electron chi connectivity index (χ1n) is 10.5. The van der Waals surface area contributed by atoms with Crippen LogP contribution in [0.3, 0.4) is 0 Å². The monoisotopic (exact) mass is 381 g/mol. The van der Waals surface area contributed by atoms with Crippen molar-refractivity contribution >= 4 is 5.97 Å². The zero-order valence-electron chi connectivity index (χ0n) is 16.7. The van der Waals surface area contributed by atoms with Crippen LogP contribution in [0.15, 0.2) is 54.6 Å². The molecule has 1 fully saturated rings. The normalized spacial score (nSPS) is 17.7. The molecule has 1 aliphatic heterocycles. The zero-order valence-corrected chi connectivity index (χ0v) is 16.7. The molecule has 28 heavy (non-hydrogen) atoms. The number of ether oxygens (including phenoxy) is 2. The van der Waals surface area contributed by atoms with E-state index in [4.69, 9.17) is 9.47 Å². The van der Waals surface area contributed by atoms with E-state index >= 15 is 0 Å². The van der Waals surface area contributed by atoms with Crippen LogP contribution < -0.4 is 14.8 Å². The molecule has 2 unspecified atom stereocenters. The van der Waals surface area contributed by atoms with Crippen molar-refractivity contribution < 1.29 is 14.3 Å². The lowest BCUT2D eigenvalue weighted by Crippen LogP contribution is -2.36. The Hall–Kier alpha value is -2.33. The van der Waals surface area contributed by atoms with E-state index in [0.29, 0.717) is 18.2 Å². The standard InChI is InChI=1S/C24H31NO3/c1-2-3-12-24(26)28-22-15-13-21(14-16-22)27-23(19-9-5-4-6-10-19)18-20-11-7-8-17-25-20/h4-6,9-10,13-16,20,23,25H,2-3,7-8,11-12,17-18H2,1H3. The summed E-state index contributed by atoms with van der Waals surface area (Å²) in [5, 5.41) is 3.62. The van der Waals surface area contributed by atoms with Gasteiger partial charge >= 0.3 is 5.97 Å². The molecule has 0 amide bonds. The number of esters is 1. The topological polar surface area (TPSA) is 47.6 Å². The Balaban J connectivity index is 1.63. The molecular weight excluding hydrogens is 350 g/mol. The van der Waals surface area contributed by atoms with Gasteiger partial charge in [-0.1, -0.05) is 50.1 Å². The fourth-order valence-electron chi connectivity index (χ4n) is 3.56. The summed E-state index contributed by atoms with van der Waals surface area (Å²) in [6.45, 7) is 3.15. The molecule has 0 saturated carbocycles. The molecule has 1 heterocycles. The third-order valence-electron chi connectivity index (χ3n) is 5.15. The van der Waals surface area contributed by atoms with Crippen LogP contribution in [-0.2, 0) is 4.79 Å². The molecule has 2 aromatic carbocycles. The third kappa shape index (κ3) is 6.38. The van der Waals surface area contributed by atoms with Crippen LogP contribution >= 0.6 is 0 Å². The zero-order chi connectivity index (χ0) is 19.6. The Labute approximate surface area is 168 Å². The van der Waals surface area contributed by atoms with Gasteiger partial charge in [0.25, 0.3) is 0 Å². The van der Waals surface area contributed by atoms with Gasteiger partial charge in [0, 0.05) is 18.9 Å². The van der Waals surface area contributed by atoms with Crippen molar-refractivity contribution in [3.63, 3.8) is 0 Å². The smallest absolute Gasteiger partial charge is 0.311 e. The molecule has 0 aromatic heterocycles. The first-order chi connectivity index (χ1) is 13.7. The van der Waals surface area contributed by atoms with Gasteiger partial charge in [-0.05, 0) is 55.6 Å². The summed E-state index contributed by atoms with van der Waals surface area (Å²) >= 11 is 0. The van der Waals surface area contributed by atoms with Crippen LogP contribution in [-0.4, -0.2) is 18.6 Å². The second-order valence-corrected chi connectivity index (χ2v) is 7.45. The lowest BCUT2D eigenvalue weighted by atomic mass is 9.96. The number of hydrogen-bond donors (Lipinski definition) is 1. The number of carbonyl (C=O) groups is 1. The van der Waals surface area contributed by atoms with Crippen molar-refractivity contribution in [1.29, 1.82) is 0 Å². The van der Waals surface area contributed by atoms with Crippen molar-refractivity contribution in [2.45, 2.75) is 64.0 Å². The van der Waals surface area contributed by atoms with Crippen molar-refractivity contribution in [3.8, 4) is 11.5 Å². The van der Waals surface area contributed by atoms with Crippen molar-refractivity contribution in [1.82, 2.24) is 5.32 Å². The van der Waals surface area contributed by atoms with E-state index in [1.807, 2.05) is 18.2 Å². The van der Waals surface area contributed by atoms with Crippen molar-refractivity contribution in [2.24, 2.45) is 0 Å². The lowest BCUT2D eigenvalue weighted by Gasteiger charge is -2.28. The molecule has 0 bridgehead atoms. The highest BCUT2D eigenvalue weighted by atomic mass is 16.5. The summed E-state index contributed by atoms with van der Waals surface area (Å²) in [6, 6.07) is 18.2. The van der Waals surface area contributed by atoms with Gasteiger partial charge < -0.3 is 14.8 Å². The Morgan fingerprint density at radius 3 is 2.50 bits per heavy atom. The Morgan fingerprint density at radius 1 is 1.07 bits per heavy atom. The number of hydrogen-bond acceptors (Lipinski definition) is 4. The lowest BCUT2D eigenvalue weighted by molar-refractivity contribution is -0.134. The van der Waals surface area contributed by atoms with Crippen LogP contribution in [0.4, 0.5) is 0 Å². The van der Waals surface area contributed by atoms with Crippen molar-refractivity contribution in [2.75, 3.05) is 6.54 Å². The van der Waals surface area contributed by atoms with Gasteiger partial charge in [-0.15, -0.1) is 0 Å². The number of unbranched alkanes of at least 4 members (excludes halogenated alkanes) is 1. The van der Waals surface area contributed by atoms with Crippen LogP contribution in [0.2, 0.25) is 0 Å². The number of piperidine rings is 1. The molecule has 1 saturated heterocycles. The Kier molecular flexibility index (Phi) is 7.92. The van der Waals surface area contributed by atoms with E-state index in [1.54, 1.807) is 12.1 Å². The van der Waals surface area contributed by atoms with E-state index in [9.17, 15) is 4.79 Å². The quantitative estimate of drug-likeness (QED) is 0.464. The molecule has 3 rings (SSSR count). The van der Waals surface area contributed by atoms with Gasteiger partial charge in [-0.25, -0.2) is 0 Å². The number of benzene rings is 2. The number of nitrogens with one attached hydrogen (secondary N) is 1. The summed E-state index contributed by atoms with van der Waals surface area (Å²) in [4.78, 5) is 11.8. The van der Waals surface area contributed by atoms with Gasteiger partial charge in [0.2, 0.25) is 0 Å².